The monoisotopic (exact) mass is 290 g/mol. The Kier molecular flexibility index (Phi) is 2.62. The molecule has 0 radical (unpaired) electrons. The first-order chi connectivity index (χ1) is 10.0. The third-order valence-corrected chi connectivity index (χ3v) is 8.89. The average molecular weight is 290 g/mol. The minimum Gasteiger partial charge on any atom is -0.0630 e. The molecule has 1 aliphatic carbocycles. The maximum Gasteiger partial charge on any atom is 0.113 e. The molecule has 0 fully saturated rings. The molecule has 1 heterocycles. The van der Waals surface area contributed by atoms with E-state index in [-0.39, 0.29) is 0 Å². The molecule has 4 rings (SSSR count). The van der Waals surface area contributed by atoms with E-state index in [1.165, 1.54) is 12.0 Å². The third-order valence-electron chi connectivity index (χ3n) is 5.30. The average Bonchev–Trinajstić information content (AvgIpc) is 2.93. The lowest BCUT2D eigenvalue weighted by Gasteiger charge is -2.23. The Bertz CT molecular complexity index is 764. The van der Waals surface area contributed by atoms with Gasteiger partial charge in [-0.1, -0.05) is 75.0 Å². The van der Waals surface area contributed by atoms with Crippen molar-refractivity contribution in [1.82, 2.24) is 0 Å². The number of hydrogen-bond acceptors (Lipinski definition) is 0. The van der Waals surface area contributed by atoms with Crippen molar-refractivity contribution in [2.75, 3.05) is 0 Å². The largest absolute Gasteiger partial charge is 0.113 e. The lowest BCUT2D eigenvalue weighted by molar-refractivity contribution is 0.753. The molecule has 0 unspecified atom stereocenters. The van der Waals surface area contributed by atoms with Crippen LogP contribution in [0.3, 0.4) is 0 Å². The molecule has 106 valence electrons. The number of allylic oxidation sites excluding steroid dienone is 1. The Morgan fingerprint density at radius 2 is 1.62 bits per heavy atom. The fourth-order valence-electron chi connectivity index (χ4n) is 4.30. The van der Waals surface area contributed by atoms with Gasteiger partial charge in [-0.05, 0) is 45.0 Å². The molecular weight excluding hydrogens is 268 g/mol. The lowest BCUT2D eigenvalue weighted by atomic mass is 9.97. The van der Waals surface area contributed by atoms with Crippen molar-refractivity contribution in [3.05, 3.63) is 59.2 Å². The molecular formula is C20H22Si. The molecule has 2 bridgehead atoms. The highest BCUT2D eigenvalue weighted by molar-refractivity contribution is 7.07. The van der Waals surface area contributed by atoms with E-state index in [4.69, 9.17) is 0 Å². The van der Waals surface area contributed by atoms with Crippen LogP contribution in [0.4, 0.5) is 0 Å². The van der Waals surface area contributed by atoms with Crippen LogP contribution in [0, 0.1) is 5.92 Å². The zero-order valence-corrected chi connectivity index (χ0v) is 14.3. The minimum absolute atomic E-state index is 0.669. The molecule has 0 atom stereocenters. The maximum absolute atomic E-state index is 2.54. The summed E-state index contributed by atoms with van der Waals surface area (Å²) in [6.07, 6.45) is 1.18. The zero-order valence-electron chi connectivity index (χ0n) is 13.3. The van der Waals surface area contributed by atoms with Gasteiger partial charge in [0.2, 0.25) is 0 Å². The van der Waals surface area contributed by atoms with E-state index in [9.17, 15) is 0 Å². The van der Waals surface area contributed by atoms with Crippen molar-refractivity contribution >= 4 is 18.5 Å². The predicted octanol–water partition coefficient (Wildman–Crippen LogP) is 4.79. The summed E-state index contributed by atoms with van der Waals surface area (Å²) in [7, 11) is -1.52. The van der Waals surface area contributed by atoms with Gasteiger partial charge in [-0.25, -0.2) is 0 Å². The van der Waals surface area contributed by atoms with Crippen molar-refractivity contribution in [3.63, 3.8) is 0 Å². The molecule has 2 aromatic carbocycles. The van der Waals surface area contributed by atoms with Gasteiger partial charge in [0.15, 0.2) is 0 Å². The van der Waals surface area contributed by atoms with E-state index in [1.807, 2.05) is 0 Å². The Balaban J connectivity index is 2.08. The van der Waals surface area contributed by atoms with Crippen LogP contribution in [0.1, 0.15) is 25.0 Å². The van der Waals surface area contributed by atoms with Crippen molar-refractivity contribution < 1.29 is 0 Å². The number of fused-ring (bicyclic) bond motifs is 1. The minimum atomic E-state index is -1.52. The predicted molar refractivity (Wildman–Crippen MR) is 94.5 cm³/mol. The van der Waals surface area contributed by atoms with Crippen LogP contribution in [0.2, 0.25) is 13.1 Å². The van der Waals surface area contributed by atoms with E-state index in [0.29, 0.717) is 5.92 Å². The molecule has 0 N–H and O–H groups in total. The summed E-state index contributed by atoms with van der Waals surface area (Å²) < 4.78 is 0. The fraction of sp³-hybridized carbons (Fsp3) is 0.300. The summed E-state index contributed by atoms with van der Waals surface area (Å²) in [5.41, 5.74) is 7.85. The Morgan fingerprint density at radius 1 is 0.905 bits per heavy atom. The van der Waals surface area contributed by atoms with Crippen molar-refractivity contribution in [1.29, 1.82) is 0 Å². The molecule has 0 amide bonds. The third kappa shape index (κ3) is 1.61. The SMILES string of the molecule is CC(C)C1=C2c3c(ccc(c3-c3ccccc3)[Si]2(C)C)C1. The van der Waals surface area contributed by atoms with Crippen LogP contribution in [-0.2, 0) is 6.42 Å². The van der Waals surface area contributed by atoms with Gasteiger partial charge in [0, 0.05) is 0 Å². The van der Waals surface area contributed by atoms with Gasteiger partial charge in [0.25, 0.3) is 0 Å². The van der Waals surface area contributed by atoms with Crippen LogP contribution in [0.15, 0.2) is 48.0 Å². The topological polar surface area (TPSA) is 0 Å². The van der Waals surface area contributed by atoms with Gasteiger partial charge in [-0.3, -0.25) is 0 Å². The van der Waals surface area contributed by atoms with Gasteiger partial charge in [0.1, 0.15) is 8.07 Å². The summed E-state index contributed by atoms with van der Waals surface area (Å²) >= 11 is 0. The summed E-state index contributed by atoms with van der Waals surface area (Å²) in [5, 5.41) is 3.40. The van der Waals surface area contributed by atoms with Gasteiger partial charge >= 0.3 is 0 Å². The first kappa shape index (κ1) is 13.1. The second-order valence-corrected chi connectivity index (χ2v) is 11.5. The van der Waals surface area contributed by atoms with E-state index in [1.54, 1.807) is 32.6 Å². The second-order valence-electron chi connectivity index (χ2n) is 7.24. The Hall–Kier alpha value is -1.60. The fourth-order valence-corrected chi connectivity index (χ4v) is 8.05. The molecule has 21 heavy (non-hydrogen) atoms. The van der Waals surface area contributed by atoms with Crippen LogP contribution >= 0.6 is 0 Å². The highest BCUT2D eigenvalue weighted by atomic mass is 28.3. The van der Waals surface area contributed by atoms with Crippen LogP contribution in [-0.4, -0.2) is 8.07 Å². The maximum atomic E-state index is 2.54. The lowest BCUT2D eigenvalue weighted by Crippen LogP contribution is -2.40. The standard InChI is InChI=1S/C20H22Si/c1-13(2)16-12-15-10-11-17-18(14-8-6-5-7-9-14)19(15)20(16)21(17,3)4/h5-11,13H,12H2,1-4H3. The highest BCUT2D eigenvalue weighted by Crippen LogP contribution is 2.50. The van der Waals surface area contributed by atoms with Gasteiger partial charge in [0.05, 0.1) is 0 Å². The van der Waals surface area contributed by atoms with Crippen LogP contribution in [0.5, 0.6) is 0 Å². The molecule has 1 heteroatoms. The van der Waals surface area contributed by atoms with Crippen molar-refractivity contribution in [3.8, 4) is 11.1 Å². The number of hydrogen-bond donors (Lipinski definition) is 0. The van der Waals surface area contributed by atoms with Crippen molar-refractivity contribution in [2.45, 2.75) is 33.4 Å². The Labute approximate surface area is 128 Å². The summed E-state index contributed by atoms with van der Waals surface area (Å²) in [6, 6.07) is 15.8. The van der Waals surface area contributed by atoms with Gasteiger partial charge in [-0.15, -0.1) is 0 Å². The van der Waals surface area contributed by atoms with Crippen molar-refractivity contribution in [2.24, 2.45) is 5.92 Å². The summed E-state index contributed by atoms with van der Waals surface area (Å²) in [6.45, 7) is 9.79. The number of benzene rings is 2. The number of rotatable bonds is 2. The zero-order chi connectivity index (χ0) is 14.8. The molecule has 2 aromatic rings. The van der Waals surface area contributed by atoms with Gasteiger partial charge < -0.3 is 0 Å². The molecule has 0 saturated carbocycles. The first-order valence-corrected chi connectivity index (χ1v) is 11.0. The van der Waals surface area contributed by atoms with Crippen LogP contribution in [0.25, 0.3) is 16.3 Å². The van der Waals surface area contributed by atoms with E-state index >= 15 is 0 Å². The van der Waals surface area contributed by atoms with Crippen LogP contribution < -0.4 is 5.19 Å². The molecule has 2 aliphatic rings. The summed E-state index contributed by atoms with van der Waals surface area (Å²) in [4.78, 5) is 0. The van der Waals surface area contributed by atoms with Gasteiger partial charge in [-0.2, -0.15) is 0 Å². The summed E-state index contributed by atoms with van der Waals surface area (Å²) in [5.74, 6) is 0.669. The van der Waals surface area contributed by atoms with E-state index in [0.717, 1.165) is 0 Å². The highest BCUT2D eigenvalue weighted by Gasteiger charge is 2.45. The quantitative estimate of drug-likeness (QED) is 0.698. The van der Waals surface area contributed by atoms with E-state index < -0.39 is 8.07 Å². The molecule has 0 spiro atoms. The molecule has 0 nitrogen and oxygen atoms in total. The normalized spacial score (nSPS) is 18.0. The smallest absolute Gasteiger partial charge is 0.0630 e. The van der Waals surface area contributed by atoms with E-state index in [2.05, 4.69) is 69.4 Å². The molecule has 1 aliphatic heterocycles. The molecule has 0 aromatic heterocycles. The second kappa shape index (κ2) is 4.20. The first-order valence-electron chi connectivity index (χ1n) is 7.97. The molecule has 0 saturated heterocycles. The Morgan fingerprint density at radius 3 is 2.29 bits per heavy atom.